The lowest BCUT2D eigenvalue weighted by molar-refractivity contribution is 0.102. The second kappa shape index (κ2) is 8.58. The van der Waals surface area contributed by atoms with Crippen molar-refractivity contribution in [3.8, 4) is 17.5 Å². The number of amides is 1. The first-order valence-corrected chi connectivity index (χ1v) is 9.23. The van der Waals surface area contributed by atoms with E-state index in [1.165, 1.54) is 0 Å². The van der Waals surface area contributed by atoms with Gasteiger partial charge in [0, 0.05) is 16.8 Å². The first kappa shape index (κ1) is 18.7. The quantitative estimate of drug-likeness (QED) is 0.475. The highest BCUT2D eigenvalue weighted by Crippen LogP contribution is 2.26. The molecule has 0 bridgehead atoms. The maximum Gasteiger partial charge on any atom is 0.417 e. The van der Waals surface area contributed by atoms with E-state index in [9.17, 15) is 4.79 Å². The standard InChI is InChI=1S/C22H16ClN3O3/c23-19-9-5-4-8-18(19)20-25-22(29-26-20)28-14-15-10-12-16(13-11-15)21(27)24-17-6-2-1-3-7-17/h1-13H,14H2,(H,24,27). The number of anilines is 1. The summed E-state index contributed by atoms with van der Waals surface area (Å²) in [6.07, 6.45) is 0.0471. The number of nitrogens with zero attached hydrogens (tertiary/aromatic N) is 2. The van der Waals surface area contributed by atoms with E-state index in [1.807, 2.05) is 54.6 Å². The van der Waals surface area contributed by atoms with E-state index in [0.29, 0.717) is 22.0 Å². The average Bonchev–Trinajstić information content (AvgIpc) is 3.22. The molecule has 0 atom stereocenters. The second-order valence-corrected chi connectivity index (χ2v) is 6.58. The Morgan fingerprint density at radius 2 is 1.69 bits per heavy atom. The number of carbonyl (C=O) groups is 1. The molecule has 1 heterocycles. The number of carbonyl (C=O) groups excluding carboxylic acids is 1. The Bertz CT molecular complexity index is 1110. The summed E-state index contributed by atoms with van der Waals surface area (Å²) in [6.45, 7) is 0.227. The van der Waals surface area contributed by atoms with Gasteiger partial charge in [-0.05, 0) is 42.0 Å². The van der Waals surface area contributed by atoms with Gasteiger partial charge in [-0.2, -0.15) is 4.98 Å². The fourth-order valence-electron chi connectivity index (χ4n) is 2.64. The van der Waals surface area contributed by atoms with Crippen molar-refractivity contribution in [1.82, 2.24) is 10.1 Å². The lowest BCUT2D eigenvalue weighted by Gasteiger charge is -2.06. The largest absolute Gasteiger partial charge is 0.444 e. The number of para-hydroxylation sites is 1. The van der Waals surface area contributed by atoms with Crippen LogP contribution >= 0.6 is 11.6 Å². The molecular formula is C22H16ClN3O3. The third kappa shape index (κ3) is 4.62. The van der Waals surface area contributed by atoms with Crippen LogP contribution in [0.4, 0.5) is 5.69 Å². The molecule has 7 heteroatoms. The van der Waals surface area contributed by atoms with Crippen molar-refractivity contribution in [2.24, 2.45) is 0 Å². The average molecular weight is 406 g/mol. The van der Waals surface area contributed by atoms with Crippen molar-refractivity contribution in [1.29, 1.82) is 0 Å². The van der Waals surface area contributed by atoms with Crippen LogP contribution in [0.2, 0.25) is 5.02 Å². The minimum atomic E-state index is -0.176. The van der Waals surface area contributed by atoms with Gasteiger partial charge in [-0.3, -0.25) is 9.32 Å². The number of hydrogen-bond donors (Lipinski definition) is 1. The van der Waals surface area contributed by atoms with Crippen molar-refractivity contribution in [2.75, 3.05) is 5.32 Å². The van der Waals surface area contributed by atoms with Gasteiger partial charge in [0.15, 0.2) is 0 Å². The Kier molecular flexibility index (Phi) is 5.54. The van der Waals surface area contributed by atoms with Crippen LogP contribution in [0.3, 0.4) is 0 Å². The lowest BCUT2D eigenvalue weighted by Crippen LogP contribution is -2.11. The van der Waals surface area contributed by atoms with E-state index in [2.05, 4.69) is 15.5 Å². The predicted molar refractivity (Wildman–Crippen MR) is 110 cm³/mol. The summed E-state index contributed by atoms with van der Waals surface area (Å²) >= 11 is 6.14. The molecule has 0 unspecified atom stereocenters. The van der Waals surface area contributed by atoms with E-state index in [1.54, 1.807) is 24.3 Å². The van der Waals surface area contributed by atoms with Crippen LogP contribution in [-0.4, -0.2) is 16.0 Å². The molecule has 0 aliphatic heterocycles. The van der Waals surface area contributed by atoms with Crippen LogP contribution in [-0.2, 0) is 6.61 Å². The molecule has 3 aromatic carbocycles. The zero-order chi connectivity index (χ0) is 20.1. The topological polar surface area (TPSA) is 77.2 Å². The molecule has 144 valence electrons. The summed E-state index contributed by atoms with van der Waals surface area (Å²) < 4.78 is 10.7. The van der Waals surface area contributed by atoms with Gasteiger partial charge in [0.1, 0.15) is 6.61 Å². The first-order valence-electron chi connectivity index (χ1n) is 8.86. The van der Waals surface area contributed by atoms with Crippen molar-refractivity contribution < 1.29 is 14.1 Å². The lowest BCUT2D eigenvalue weighted by atomic mass is 10.1. The maximum atomic E-state index is 12.3. The van der Waals surface area contributed by atoms with Crippen LogP contribution in [0, 0.1) is 0 Å². The molecule has 0 spiro atoms. The highest BCUT2D eigenvalue weighted by Gasteiger charge is 2.12. The van der Waals surface area contributed by atoms with E-state index in [0.717, 1.165) is 11.3 Å². The molecule has 4 aromatic rings. The van der Waals surface area contributed by atoms with Crippen molar-refractivity contribution in [3.63, 3.8) is 0 Å². The van der Waals surface area contributed by atoms with Gasteiger partial charge in [0.05, 0.1) is 5.02 Å². The van der Waals surface area contributed by atoms with Gasteiger partial charge >= 0.3 is 6.08 Å². The highest BCUT2D eigenvalue weighted by molar-refractivity contribution is 6.33. The maximum absolute atomic E-state index is 12.3. The molecule has 4 rings (SSSR count). The second-order valence-electron chi connectivity index (χ2n) is 6.17. The molecule has 0 saturated carbocycles. The number of nitrogens with one attached hydrogen (secondary N) is 1. The van der Waals surface area contributed by atoms with Crippen LogP contribution in [0.15, 0.2) is 83.4 Å². The van der Waals surface area contributed by atoms with E-state index in [-0.39, 0.29) is 18.6 Å². The molecule has 0 fully saturated rings. The third-order valence-corrected chi connectivity index (χ3v) is 4.46. The van der Waals surface area contributed by atoms with Gasteiger partial charge in [0.2, 0.25) is 5.82 Å². The minimum Gasteiger partial charge on any atom is -0.444 e. The summed E-state index contributed by atoms with van der Waals surface area (Å²) in [5, 5.41) is 7.26. The number of hydrogen-bond acceptors (Lipinski definition) is 5. The smallest absolute Gasteiger partial charge is 0.417 e. The van der Waals surface area contributed by atoms with E-state index < -0.39 is 0 Å². The molecule has 1 amide bonds. The molecule has 1 N–H and O–H groups in total. The third-order valence-electron chi connectivity index (χ3n) is 4.13. The zero-order valence-corrected chi connectivity index (χ0v) is 16.0. The molecule has 0 aliphatic carbocycles. The van der Waals surface area contributed by atoms with Crippen molar-refractivity contribution >= 4 is 23.2 Å². The van der Waals surface area contributed by atoms with Gasteiger partial charge in [-0.25, -0.2) is 0 Å². The monoisotopic (exact) mass is 405 g/mol. The summed E-state index contributed by atoms with van der Waals surface area (Å²) in [6, 6.07) is 23.6. The van der Waals surface area contributed by atoms with E-state index in [4.69, 9.17) is 20.9 Å². The molecule has 0 radical (unpaired) electrons. The van der Waals surface area contributed by atoms with Crippen LogP contribution < -0.4 is 10.1 Å². The molecule has 0 aliphatic rings. The summed E-state index contributed by atoms with van der Waals surface area (Å²) in [5.74, 6) is 0.184. The van der Waals surface area contributed by atoms with Crippen LogP contribution in [0.25, 0.3) is 11.4 Å². The van der Waals surface area contributed by atoms with Crippen molar-refractivity contribution in [2.45, 2.75) is 6.61 Å². The van der Waals surface area contributed by atoms with Gasteiger partial charge in [0.25, 0.3) is 5.91 Å². The predicted octanol–water partition coefficient (Wildman–Crippen LogP) is 5.22. The molecule has 29 heavy (non-hydrogen) atoms. The number of ether oxygens (including phenoxy) is 1. The number of aromatic nitrogens is 2. The first-order chi connectivity index (χ1) is 14.2. The van der Waals surface area contributed by atoms with Crippen molar-refractivity contribution in [3.05, 3.63) is 95.0 Å². The molecule has 6 nitrogen and oxygen atoms in total. The molecule has 0 saturated heterocycles. The number of rotatable bonds is 6. The minimum absolute atomic E-state index is 0.0471. The SMILES string of the molecule is O=C(Nc1ccccc1)c1ccc(COc2nc(-c3ccccc3Cl)no2)cc1. The number of benzene rings is 3. The number of halogens is 1. The van der Waals surface area contributed by atoms with Gasteiger partial charge in [-0.15, -0.1) is 0 Å². The highest BCUT2D eigenvalue weighted by atomic mass is 35.5. The fraction of sp³-hybridized carbons (Fsp3) is 0.0455. The molecule has 1 aromatic heterocycles. The van der Waals surface area contributed by atoms with Crippen LogP contribution in [0.5, 0.6) is 6.08 Å². The summed E-state index contributed by atoms with van der Waals surface area (Å²) in [7, 11) is 0. The normalized spacial score (nSPS) is 10.5. The fourth-order valence-corrected chi connectivity index (χ4v) is 2.86. The summed E-state index contributed by atoms with van der Waals surface area (Å²) in [4.78, 5) is 16.5. The Morgan fingerprint density at radius 1 is 0.966 bits per heavy atom. The van der Waals surface area contributed by atoms with E-state index >= 15 is 0 Å². The Balaban J connectivity index is 1.36. The summed E-state index contributed by atoms with van der Waals surface area (Å²) in [5.41, 5.74) is 2.83. The van der Waals surface area contributed by atoms with Gasteiger partial charge in [-0.1, -0.05) is 59.2 Å². The zero-order valence-electron chi connectivity index (χ0n) is 15.2. The Morgan fingerprint density at radius 3 is 2.45 bits per heavy atom. The Hall–Kier alpha value is -3.64. The Labute approximate surface area is 172 Å². The molecular weight excluding hydrogens is 390 g/mol. The van der Waals surface area contributed by atoms with Gasteiger partial charge < -0.3 is 10.1 Å². The van der Waals surface area contributed by atoms with Crippen LogP contribution in [0.1, 0.15) is 15.9 Å².